The zero-order valence-corrected chi connectivity index (χ0v) is 12.6. The van der Waals surface area contributed by atoms with Crippen LogP contribution in [0.1, 0.15) is 51.1 Å². The first-order valence-corrected chi connectivity index (χ1v) is 7.64. The maximum absolute atomic E-state index is 10.8. The van der Waals surface area contributed by atoms with Crippen molar-refractivity contribution in [1.29, 1.82) is 0 Å². The fraction of sp³-hybridized carbons (Fsp3) is 0.529. The summed E-state index contributed by atoms with van der Waals surface area (Å²) in [6.45, 7) is 3.57. The molecule has 1 aliphatic rings. The minimum absolute atomic E-state index is 0.230. The Morgan fingerprint density at radius 2 is 2.00 bits per heavy atom. The van der Waals surface area contributed by atoms with E-state index >= 15 is 0 Å². The van der Waals surface area contributed by atoms with Crippen LogP contribution in [0.15, 0.2) is 24.4 Å². The highest BCUT2D eigenvalue weighted by Gasteiger charge is 2.23. The molecular weight excluding hydrogens is 264 g/mol. The van der Waals surface area contributed by atoms with E-state index < -0.39 is 5.60 Å². The molecule has 2 aromatic rings. The second-order valence-electron chi connectivity index (χ2n) is 6.65. The summed E-state index contributed by atoms with van der Waals surface area (Å²) in [5, 5.41) is 15.9. The molecule has 0 bridgehead atoms. The second-order valence-corrected chi connectivity index (χ2v) is 6.65. The van der Waals surface area contributed by atoms with Gasteiger partial charge in [-0.1, -0.05) is 12.1 Å². The second kappa shape index (κ2) is 5.26. The fourth-order valence-electron chi connectivity index (χ4n) is 3.11. The normalized spacial score (nSPS) is 23.4. The number of fused-ring (bicyclic) bond motifs is 1. The van der Waals surface area contributed by atoms with E-state index in [1.165, 1.54) is 0 Å². The first kappa shape index (κ1) is 14.3. The summed E-state index contributed by atoms with van der Waals surface area (Å²) in [4.78, 5) is 10.8. The predicted octanol–water partition coefficient (Wildman–Crippen LogP) is 3.19. The third-order valence-electron chi connectivity index (χ3n) is 4.54. The summed E-state index contributed by atoms with van der Waals surface area (Å²) in [5.74, 6) is 0.230. The van der Waals surface area contributed by atoms with Gasteiger partial charge in [-0.2, -0.15) is 5.10 Å². The highest BCUT2D eigenvalue weighted by atomic mass is 16.3. The Kier molecular flexibility index (Phi) is 3.57. The zero-order valence-electron chi connectivity index (χ0n) is 12.6. The van der Waals surface area contributed by atoms with Crippen LogP contribution >= 0.6 is 0 Å². The molecule has 3 rings (SSSR count). The average Bonchev–Trinajstić information content (AvgIpc) is 2.89. The third-order valence-corrected chi connectivity index (χ3v) is 4.54. The maximum Gasteiger partial charge on any atom is 0.123 e. The van der Waals surface area contributed by atoms with Gasteiger partial charge >= 0.3 is 0 Å². The molecule has 0 unspecified atom stereocenters. The van der Waals surface area contributed by atoms with Crippen molar-refractivity contribution in [1.82, 2.24) is 9.78 Å². The number of carbonyl (C=O) groups is 1. The van der Waals surface area contributed by atoms with E-state index in [0.717, 1.165) is 48.4 Å². The van der Waals surface area contributed by atoms with Gasteiger partial charge in [0.2, 0.25) is 0 Å². The minimum Gasteiger partial charge on any atom is -0.386 e. The number of hydrogen-bond acceptors (Lipinski definition) is 3. The fourth-order valence-corrected chi connectivity index (χ4v) is 3.11. The lowest BCUT2D eigenvalue weighted by atomic mass is 9.87. The number of rotatable bonds is 3. The lowest BCUT2D eigenvalue weighted by Gasteiger charge is -2.25. The van der Waals surface area contributed by atoms with Crippen LogP contribution in [0.2, 0.25) is 0 Å². The molecule has 0 saturated heterocycles. The number of aromatic nitrogens is 2. The van der Waals surface area contributed by atoms with E-state index in [4.69, 9.17) is 0 Å². The monoisotopic (exact) mass is 286 g/mol. The van der Waals surface area contributed by atoms with Crippen LogP contribution in [0.5, 0.6) is 0 Å². The number of benzene rings is 1. The van der Waals surface area contributed by atoms with Gasteiger partial charge in [0.05, 0.1) is 17.2 Å². The van der Waals surface area contributed by atoms with Crippen LogP contribution in [-0.2, 0) is 10.4 Å². The molecule has 4 heteroatoms. The highest BCUT2D eigenvalue weighted by molar-refractivity contribution is 5.79. The van der Waals surface area contributed by atoms with Gasteiger partial charge in [0, 0.05) is 17.5 Å². The van der Waals surface area contributed by atoms with Crippen molar-refractivity contribution in [3.63, 3.8) is 0 Å². The SMILES string of the molecule is CC(C)(O)c1ccc2cn(C3CCC(C=O)CC3)nc2c1. The Balaban J connectivity index is 1.86. The average molecular weight is 286 g/mol. The molecule has 4 nitrogen and oxygen atoms in total. The Bertz CT molecular complexity index is 646. The highest BCUT2D eigenvalue weighted by Crippen LogP contribution is 2.32. The molecule has 0 spiro atoms. The van der Waals surface area contributed by atoms with Gasteiger partial charge in [-0.3, -0.25) is 4.68 Å². The van der Waals surface area contributed by atoms with Crippen molar-refractivity contribution in [3.8, 4) is 0 Å². The first-order chi connectivity index (χ1) is 9.97. The van der Waals surface area contributed by atoms with Crippen LogP contribution in [0.3, 0.4) is 0 Å². The molecule has 112 valence electrons. The number of hydrogen-bond donors (Lipinski definition) is 1. The molecule has 1 aromatic heterocycles. The molecule has 0 aliphatic heterocycles. The van der Waals surface area contributed by atoms with Gasteiger partial charge in [0.1, 0.15) is 6.29 Å². The Morgan fingerprint density at radius 1 is 1.29 bits per heavy atom. The van der Waals surface area contributed by atoms with Gasteiger partial charge in [0.25, 0.3) is 0 Å². The van der Waals surface area contributed by atoms with E-state index in [0.29, 0.717) is 6.04 Å². The van der Waals surface area contributed by atoms with Gasteiger partial charge in [0.15, 0.2) is 0 Å². The smallest absolute Gasteiger partial charge is 0.123 e. The van der Waals surface area contributed by atoms with E-state index in [-0.39, 0.29) is 5.92 Å². The molecule has 0 radical (unpaired) electrons. The summed E-state index contributed by atoms with van der Waals surface area (Å²) in [5.41, 5.74) is 0.956. The molecule has 1 saturated carbocycles. The van der Waals surface area contributed by atoms with Gasteiger partial charge in [-0.05, 0) is 51.2 Å². The van der Waals surface area contributed by atoms with Crippen molar-refractivity contribution in [2.24, 2.45) is 5.92 Å². The lowest BCUT2D eigenvalue weighted by Crippen LogP contribution is -2.19. The number of nitrogens with zero attached hydrogens (tertiary/aromatic N) is 2. The van der Waals surface area contributed by atoms with E-state index in [1.54, 1.807) is 13.8 Å². The quantitative estimate of drug-likeness (QED) is 0.882. The van der Waals surface area contributed by atoms with E-state index in [2.05, 4.69) is 11.3 Å². The maximum atomic E-state index is 10.8. The Labute approximate surface area is 124 Å². The molecule has 1 fully saturated rings. The van der Waals surface area contributed by atoms with Gasteiger partial charge in [-0.15, -0.1) is 0 Å². The Morgan fingerprint density at radius 3 is 2.62 bits per heavy atom. The van der Waals surface area contributed by atoms with E-state index in [1.807, 2.05) is 22.9 Å². The number of aliphatic hydroxyl groups is 1. The van der Waals surface area contributed by atoms with Crippen molar-refractivity contribution >= 4 is 17.2 Å². The predicted molar refractivity (Wildman–Crippen MR) is 82.0 cm³/mol. The van der Waals surface area contributed by atoms with Gasteiger partial charge < -0.3 is 9.90 Å². The zero-order chi connectivity index (χ0) is 15.0. The number of aldehydes is 1. The third kappa shape index (κ3) is 2.86. The van der Waals surface area contributed by atoms with Crippen molar-refractivity contribution in [2.75, 3.05) is 0 Å². The molecule has 1 aliphatic carbocycles. The van der Waals surface area contributed by atoms with Crippen LogP contribution in [-0.4, -0.2) is 21.2 Å². The molecular formula is C17H22N2O2. The lowest BCUT2D eigenvalue weighted by molar-refractivity contribution is -0.112. The topological polar surface area (TPSA) is 55.1 Å². The van der Waals surface area contributed by atoms with Crippen molar-refractivity contribution < 1.29 is 9.90 Å². The van der Waals surface area contributed by atoms with Crippen LogP contribution in [0.25, 0.3) is 10.9 Å². The Hall–Kier alpha value is -1.68. The summed E-state index contributed by atoms with van der Waals surface area (Å²) in [7, 11) is 0. The molecule has 21 heavy (non-hydrogen) atoms. The van der Waals surface area contributed by atoms with Crippen LogP contribution < -0.4 is 0 Å². The largest absolute Gasteiger partial charge is 0.386 e. The van der Waals surface area contributed by atoms with E-state index in [9.17, 15) is 9.90 Å². The van der Waals surface area contributed by atoms with Crippen molar-refractivity contribution in [3.05, 3.63) is 30.0 Å². The minimum atomic E-state index is -0.847. The molecule has 1 aromatic carbocycles. The van der Waals surface area contributed by atoms with Crippen molar-refractivity contribution in [2.45, 2.75) is 51.2 Å². The van der Waals surface area contributed by atoms with Crippen LogP contribution in [0.4, 0.5) is 0 Å². The molecule has 1 heterocycles. The van der Waals surface area contributed by atoms with Crippen LogP contribution in [0, 0.1) is 5.92 Å². The summed E-state index contributed by atoms with van der Waals surface area (Å²) in [6.07, 6.45) is 7.10. The molecule has 0 atom stereocenters. The number of carbonyl (C=O) groups excluding carboxylic acids is 1. The standard InChI is InChI=1S/C17H22N2O2/c1-17(2,21)14-6-5-13-10-19(18-16(13)9-14)15-7-3-12(11-20)4-8-15/h5-6,9-12,15,21H,3-4,7-8H2,1-2H3. The molecule has 0 amide bonds. The van der Waals surface area contributed by atoms with Gasteiger partial charge in [-0.25, -0.2) is 0 Å². The summed E-state index contributed by atoms with van der Waals surface area (Å²) >= 11 is 0. The summed E-state index contributed by atoms with van der Waals surface area (Å²) in [6, 6.07) is 6.32. The molecule has 1 N–H and O–H groups in total. The first-order valence-electron chi connectivity index (χ1n) is 7.64. The summed E-state index contributed by atoms with van der Waals surface area (Å²) < 4.78 is 2.04.